The average Bonchev–Trinajstić information content (AvgIpc) is 2.63. The highest BCUT2D eigenvalue weighted by Crippen LogP contribution is 2.16. The SMILES string of the molecule is Cc1nc(CNC2CCN(C)CC2C)cs1. The van der Waals surface area contributed by atoms with Gasteiger partial charge in [-0.25, -0.2) is 4.98 Å². The highest BCUT2D eigenvalue weighted by atomic mass is 32.1. The van der Waals surface area contributed by atoms with Gasteiger partial charge in [0.25, 0.3) is 0 Å². The summed E-state index contributed by atoms with van der Waals surface area (Å²) in [4.78, 5) is 6.89. The summed E-state index contributed by atoms with van der Waals surface area (Å²) in [7, 11) is 2.20. The second-order valence-corrected chi connectivity index (χ2v) is 5.94. The summed E-state index contributed by atoms with van der Waals surface area (Å²) in [6.45, 7) is 7.72. The van der Waals surface area contributed by atoms with Gasteiger partial charge in [0.2, 0.25) is 0 Å². The molecule has 1 N–H and O–H groups in total. The molecule has 1 aromatic heterocycles. The Morgan fingerprint density at radius 1 is 1.62 bits per heavy atom. The summed E-state index contributed by atoms with van der Waals surface area (Å²) in [5.41, 5.74) is 1.19. The lowest BCUT2D eigenvalue weighted by molar-refractivity contribution is 0.174. The molecule has 0 saturated carbocycles. The summed E-state index contributed by atoms with van der Waals surface area (Å²) in [5, 5.41) is 6.95. The van der Waals surface area contributed by atoms with E-state index in [1.807, 2.05) is 0 Å². The van der Waals surface area contributed by atoms with E-state index >= 15 is 0 Å². The Morgan fingerprint density at radius 3 is 3.06 bits per heavy atom. The van der Waals surface area contributed by atoms with Gasteiger partial charge in [0.15, 0.2) is 0 Å². The van der Waals surface area contributed by atoms with Gasteiger partial charge in [-0.1, -0.05) is 6.92 Å². The maximum absolute atomic E-state index is 4.48. The van der Waals surface area contributed by atoms with E-state index in [1.54, 1.807) is 11.3 Å². The maximum atomic E-state index is 4.48. The highest BCUT2D eigenvalue weighted by Gasteiger charge is 2.23. The summed E-state index contributed by atoms with van der Waals surface area (Å²) < 4.78 is 0. The van der Waals surface area contributed by atoms with Crippen LogP contribution in [0.15, 0.2) is 5.38 Å². The smallest absolute Gasteiger partial charge is 0.0897 e. The number of aryl methyl sites for hydroxylation is 1. The van der Waals surface area contributed by atoms with Crippen molar-refractivity contribution in [3.63, 3.8) is 0 Å². The third-order valence-electron chi connectivity index (χ3n) is 3.32. The molecular formula is C12H21N3S. The molecule has 2 rings (SSSR count). The van der Waals surface area contributed by atoms with Gasteiger partial charge in [-0.2, -0.15) is 0 Å². The van der Waals surface area contributed by atoms with Crippen LogP contribution in [0.4, 0.5) is 0 Å². The van der Waals surface area contributed by atoms with Crippen LogP contribution in [0.5, 0.6) is 0 Å². The fraction of sp³-hybridized carbons (Fsp3) is 0.750. The summed E-state index contributed by atoms with van der Waals surface area (Å²) >= 11 is 1.73. The van der Waals surface area contributed by atoms with E-state index in [0.29, 0.717) is 6.04 Å². The van der Waals surface area contributed by atoms with Crippen molar-refractivity contribution in [2.75, 3.05) is 20.1 Å². The molecule has 2 unspecified atom stereocenters. The van der Waals surface area contributed by atoms with Crippen LogP contribution in [-0.4, -0.2) is 36.1 Å². The van der Waals surface area contributed by atoms with Crippen LogP contribution in [0.25, 0.3) is 0 Å². The Morgan fingerprint density at radius 2 is 2.44 bits per heavy atom. The molecule has 16 heavy (non-hydrogen) atoms. The first-order valence-corrected chi connectivity index (χ1v) is 6.86. The summed E-state index contributed by atoms with van der Waals surface area (Å²) in [5.74, 6) is 0.735. The van der Waals surface area contributed by atoms with Crippen molar-refractivity contribution >= 4 is 11.3 Å². The van der Waals surface area contributed by atoms with Crippen LogP contribution < -0.4 is 5.32 Å². The zero-order chi connectivity index (χ0) is 11.5. The van der Waals surface area contributed by atoms with Crippen molar-refractivity contribution in [1.29, 1.82) is 0 Å². The van der Waals surface area contributed by atoms with Crippen molar-refractivity contribution in [3.05, 3.63) is 16.1 Å². The van der Waals surface area contributed by atoms with Crippen molar-refractivity contribution < 1.29 is 0 Å². The topological polar surface area (TPSA) is 28.2 Å². The Kier molecular flexibility index (Phi) is 3.95. The minimum atomic E-state index is 0.651. The molecule has 2 heterocycles. The molecule has 1 fully saturated rings. The predicted octanol–water partition coefficient (Wildman–Crippen LogP) is 1.88. The quantitative estimate of drug-likeness (QED) is 0.873. The third kappa shape index (κ3) is 3.03. The fourth-order valence-corrected chi connectivity index (χ4v) is 3.00. The van der Waals surface area contributed by atoms with Crippen LogP contribution in [-0.2, 0) is 6.54 Å². The van der Waals surface area contributed by atoms with Crippen LogP contribution >= 0.6 is 11.3 Å². The van der Waals surface area contributed by atoms with Crippen LogP contribution in [0, 0.1) is 12.8 Å². The van der Waals surface area contributed by atoms with E-state index in [4.69, 9.17) is 0 Å². The molecule has 0 radical (unpaired) electrons. The van der Waals surface area contributed by atoms with E-state index in [1.165, 1.54) is 25.2 Å². The van der Waals surface area contributed by atoms with Crippen LogP contribution in [0.1, 0.15) is 24.0 Å². The molecule has 0 amide bonds. The number of likely N-dealkylation sites (tertiary alicyclic amines) is 1. The summed E-state index contributed by atoms with van der Waals surface area (Å²) in [6, 6.07) is 0.651. The number of piperidine rings is 1. The lowest BCUT2D eigenvalue weighted by Crippen LogP contribution is -2.46. The molecule has 1 aliphatic heterocycles. The largest absolute Gasteiger partial charge is 0.308 e. The molecule has 1 aromatic rings. The molecule has 90 valence electrons. The number of thiazole rings is 1. The van der Waals surface area contributed by atoms with E-state index in [9.17, 15) is 0 Å². The molecule has 0 aromatic carbocycles. The monoisotopic (exact) mass is 239 g/mol. The van der Waals surface area contributed by atoms with Gasteiger partial charge in [0.05, 0.1) is 10.7 Å². The van der Waals surface area contributed by atoms with E-state index < -0.39 is 0 Å². The number of rotatable bonds is 3. The van der Waals surface area contributed by atoms with E-state index in [0.717, 1.165) is 17.5 Å². The van der Waals surface area contributed by atoms with Gasteiger partial charge in [0.1, 0.15) is 0 Å². The Labute approximate surface area is 102 Å². The number of aromatic nitrogens is 1. The molecule has 0 bridgehead atoms. The normalized spacial score (nSPS) is 27.2. The van der Waals surface area contributed by atoms with Crippen LogP contribution in [0.3, 0.4) is 0 Å². The van der Waals surface area contributed by atoms with Crippen molar-refractivity contribution in [1.82, 2.24) is 15.2 Å². The predicted molar refractivity (Wildman–Crippen MR) is 68.8 cm³/mol. The van der Waals surface area contributed by atoms with E-state index in [-0.39, 0.29) is 0 Å². The molecule has 0 aliphatic carbocycles. The lowest BCUT2D eigenvalue weighted by Gasteiger charge is -2.35. The van der Waals surface area contributed by atoms with Crippen molar-refractivity contribution in [2.45, 2.75) is 32.9 Å². The lowest BCUT2D eigenvalue weighted by atomic mass is 9.94. The first kappa shape index (κ1) is 12.0. The molecule has 1 aliphatic rings. The minimum Gasteiger partial charge on any atom is -0.308 e. The zero-order valence-corrected chi connectivity index (χ0v) is 11.2. The van der Waals surface area contributed by atoms with Gasteiger partial charge in [-0.15, -0.1) is 11.3 Å². The average molecular weight is 239 g/mol. The standard InChI is InChI=1S/C12H21N3S/c1-9-7-15(3)5-4-12(9)13-6-11-8-16-10(2)14-11/h8-9,12-13H,4-7H2,1-3H3. The third-order valence-corrected chi connectivity index (χ3v) is 4.14. The summed E-state index contributed by atoms with van der Waals surface area (Å²) in [6.07, 6.45) is 1.25. The zero-order valence-electron chi connectivity index (χ0n) is 10.4. The van der Waals surface area contributed by atoms with Gasteiger partial charge >= 0.3 is 0 Å². The van der Waals surface area contributed by atoms with Crippen LogP contribution in [0.2, 0.25) is 0 Å². The number of nitrogens with one attached hydrogen (secondary N) is 1. The van der Waals surface area contributed by atoms with Gasteiger partial charge in [-0.05, 0) is 32.9 Å². The maximum Gasteiger partial charge on any atom is 0.0897 e. The Balaban J connectivity index is 1.81. The Bertz CT molecular complexity index is 337. The number of hydrogen-bond donors (Lipinski definition) is 1. The molecule has 4 heteroatoms. The highest BCUT2D eigenvalue weighted by molar-refractivity contribution is 7.09. The molecular weight excluding hydrogens is 218 g/mol. The second kappa shape index (κ2) is 5.25. The molecule has 0 spiro atoms. The Hall–Kier alpha value is -0.450. The van der Waals surface area contributed by atoms with E-state index in [2.05, 4.69) is 41.5 Å². The molecule has 3 nitrogen and oxygen atoms in total. The van der Waals surface area contributed by atoms with Crippen molar-refractivity contribution in [2.24, 2.45) is 5.92 Å². The second-order valence-electron chi connectivity index (χ2n) is 4.87. The van der Waals surface area contributed by atoms with Gasteiger partial charge < -0.3 is 10.2 Å². The van der Waals surface area contributed by atoms with Crippen molar-refractivity contribution in [3.8, 4) is 0 Å². The van der Waals surface area contributed by atoms with Gasteiger partial charge in [0, 0.05) is 24.5 Å². The fourth-order valence-electron chi connectivity index (χ4n) is 2.38. The first-order chi connectivity index (χ1) is 7.65. The van der Waals surface area contributed by atoms with Gasteiger partial charge in [-0.3, -0.25) is 0 Å². The number of nitrogens with zero attached hydrogens (tertiary/aromatic N) is 2. The minimum absolute atomic E-state index is 0.651. The molecule has 2 atom stereocenters. The molecule has 1 saturated heterocycles. The first-order valence-electron chi connectivity index (χ1n) is 5.98. The number of hydrogen-bond acceptors (Lipinski definition) is 4.